The molecule has 1 aromatic heterocycles. The molecule has 0 spiro atoms. The van der Waals surface area contributed by atoms with E-state index >= 15 is 0 Å². The number of hydrogen-bond acceptors (Lipinski definition) is 6. The summed E-state index contributed by atoms with van der Waals surface area (Å²) in [7, 11) is -2.34. The van der Waals surface area contributed by atoms with Crippen molar-refractivity contribution in [2.45, 2.75) is 11.3 Å². The van der Waals surface area contributed by atoms with Gasteiger partial charge >= 0.3 is 0 Å². The van der Waals surface area contributed by atoms with Crippen LogP contribution in [0, 0.1) is 0 Å². The molecule has 0 bridgehead atoms. The average molecular weight is 309 g/mol. The van der Waals surface area contributed by atoms with Crippen LogP contribution in [0.15, 0.2) is 41.6 Å². The van der Waals surface area contributed by atoms with Crippen LogP contribution < -0.4 is 9.46 Å². The number of nitrogens with one attached hydrogen (secondary N) is 1. The predicted octanol–water partition coefficient (Wildman–Crippen LogP) is 0.821. The zero-order valence-electron chi connectivity index (χ0n) is 11.4. The van der Waals surface area contributed by atoms with Crippen molar-refractivity contribution in [3.05, 3.63) is 42.2 Å². The first-order valence-corrected chi connectivity index (χ1v) is 7.63. The molecule has 1 aromatic carbocycles. The number of aliphatic hydroxyl groups excluding tert-OH is 1. The third-order valence-corrected chi connectivity index (χ3v) is 4.16. The van der Waals surface area contributed by atoms with Crippen LogP contribution in [-0.2, 0) is 16.4 Å². The Morgan fingerprint density at radius 2 is 2.00 bits per heavy atom. The molecule has 2 rings (SSSR count). The number of methoxy groups -OCH3 is 1. The molecule has 1 heterocycles. The van der Waals surface area contributed by atoms with Crippen molar-refractivity contribution in [3.8, 4) is 5.75 Å². The van der Waals surface area contributed by atoms with Crippen molar-refractivity contribution in [2.75, 3.05) is 18.4 Å². The van der Waals surface area contributed by atoms with Crippen LogP contribution >= 0.6 is 0 Å². The first-order chi connectivity index (χ1) is 10.1. The van der Waals surface area contributed by atoms with Crippen LogP contribution in [0.1, 0.15) is 5.56 Å². The summed E-state index contributed by atoms with van der Waals surface area (Å²) in [6.45, 7) is -0.169. The van der Waals surface area contributed by atoms with Gasteiger partial charge < -0.3 is 9.84 Å². The smallest absolute Gasteiger partial charge is 0.264 e. The summed E-state index contributed by atoms with van der Waals surface area (Å²) in [6.07, 6.45) is 3.07. The molecule has 0 amide bonds. The lowest BCUT2D eigenvalue weighted by Crippen LogP contribution is -2.17. The minimum absolute atomic E-state index is 0.0109. The van der Waals surface area contributed by atoms with Crippen LogP contribution in [0.4, 0.5) is 5.95 Å². The van der Waals surface area contributed by atoms with Crippen molar-refractivity contribution >= 4 is 16.0 Å². The van der Waals surface area contributed by atoms with Gasteiger partial charge in [0.25, 0.3) is 10.0 Å². The number of sulfonamides is 1. The Labute approximate surface area is 122 Å². The molecule has 0 fully saturated rings. The van der Waals surface area contributed by atoms with Crippen LogP contribution in [-0.4, -0.2) is 37.2 Å². The minimum atomic E-state index is -3.83. The molecule has 0 aliphatic heterocycles. The van der Waals surface area contributed by atoms with Crippen molar-refractivity contribution in [1.29, 1.82) is 0 Å². The lowest BCUT2D eigenvalue weighted by molar-refractivity contribution is 0.298. The van der Waals surface area contributed by atoms with Gasteiger partial charge in [0.2, 0.25) is 5.95 Å². The van der Waals surface area contributed by atoms with E-state index < -0.39 is 10.0 Å². The Kier molecular flexibility index (Phi) is 4.71. The average Bonchev–Trinajstić information content (AvgIpc) is 2.48. The second kappa shape index (κ2) is 6.51. The van der Waals surface area contributed by atoms with Gasteiger partial charge in [-0.2, -0.15) is 0 Å². The first-order valence-electron chi connectivity index (χ1n) is 6.14. The van der Waals surface area contributed by atoms with Gasteiger partial charge in [0.15, 0.2) is 0 Å². The molecule has 8 heteroatoms. The highest BCUT2D eigenvalue weighted by Crippen LogP contribution is 2.23. The molecule has 112 valence electrons. The Morgan fingerprint density at radius 3 is 2.62 bits per heavy atom. The van der Waals surface area contributed by atoms with E-state index in [0.717, 1.165) is 0 Å². The van der Waals surface area contributed by atoms with Gasteiger partial charge in [0, 0.05) is 19.0 Å². The molecule has 21 heavy (non-hydrogen) atoms. The standard InChI is InChI=1S/C13H15N3O4S/c1-20-11-3-4-12(10(9-11)5-8-17)21(18,19)16-13-14-6-2-7-15-13/h2-4,6-7,9,17H,5,8H2,1H3,(H,14,15,16). The maximum absolute atomic E-state index is 12.4. The highest BCUT2D eigenvalue weighted by Gasteiger charge is 2.20. The number of hydrogen-bond donors (Lipinski definition) is 2. The Hall–Kier alpha value is -2.19. The zero-order chi connectivity index (χ0) is 15.3. The van der Waals surface area contributed by atoms with E-state index in [1.54, 1.807) is 18.2 Å². The van der Waals surface area contributed by atoms with Crippen molar-refractivity contribution in [1.82, 2.24) is 9.97 Å². The number of benzene rings is 1. The molecule has 7 nitrogen and oxygen atoms in total. The van der Waals surface area contributed by atoms with Crippen molar-refractivity contribution < 1.29 is 18.3 Å². The Morgan fingerprint density at radius 1 is 1.29 bits per heavy atom. The molecule has 2 aromatic rings. The summed E-state index contributed by atoms with van der Waals surface area (Å²) >= 11 is 0. The van der Waals surface area contributed by atoms with Crippen LogP contribution in [0.2, 0.25) is 0 Å². The van der Waals surface area contributed by atoms with E-state index in [1.807, 2.05) is 0 Å². The highest BCUT2D eigenvalue weighted by molar-refractivity contribution is 7.92. The van der Waals surface area contributed by atoms with E-state index in [0.29, 0.717) is 11.3 Å². The zero-order valence-corrected chi connectivity index (χ0v) is 12.2. The van der Waals surface area contributed by atoms with Gasteiger partial charge in [-0.1, -0.05) is 0 Å². The minimum Gasteiger partial charge on any atom is -0.497 e. The largest absolute Gasteiger partial charge is 0.497 e. The number of aromatic nitrogens is 2. The Balaban J connectivity index is 2.39. The fourth-order valence-electron chi connectivity index (χ4n) is 1.79. The quantitative estimate of drug-likeness (QED) is 0.819. The molecule has 0 saturated heterocycles. The highest BCUT2D eigenvalue weighted by atomic mass is 32.2. The molecular weight excluding hydrogens is 294 g/mol. The second-order valence-electron chi connectivity index (χ2n) is 4.13. The number of nitrogens with zero attached hydrogens (tertiary/aromatic N) is 2. The van der Waals surface area contributed by atoms with Crippen LogP contribution in [0.3, 0.4) is 0 Å². The molecule has 0 aliphatic rings. The lowest BCUT2D eigenvalue weighted by Gasteiger charge is -2.12. The molecule has 0 unspecified atom stereocenters. The van der Waals surface area contributed by atoms with Gasteiger partial charge in [0.1, 0.15) is 5.75 Å². The maximum atomic E-state index is 12.4. The normalized spacial score (nSPS) is 11.1. The number of ether oxygens (including phenoxy) is 1. The second-order valence-corrected chi connectivity index (χ2v) is 5.78. The lowest BCUT2D eigenvalue weighted by atomic mass is 10.1. The van der Waals surface area contributed by atoms with Crippen molar-refractivity contribution in [3.63, 3.8) is 0 Å². The van der Waals surface area contributed by atoms with Gasteiger partial charge in [0.05, 0.1) is 12.0 Å². The van der Waals surface area contributed by atoms with Gasteiger partial charge in [-0.25, -0.2) is 23.1 Å². The summed E-state index contributed by atoms with van der Waals surface area (Å²) in [5, 5.41) is 9.08. The van der Waals surface area contributed by atoms with E-state index in [9.17, 15) is 8.42 Å². The van der Waals surface area contributed by atoms with Crippen LogP contribution in [0.25, 0.3) is 0 Å². The maximum Gasteiger partial charge on any atom is 0.264 e. The number of aliphatic hydroxyl groups is 1. The van der Waals surface area contributed by atoms with Gasteiger partial charge in [-0.15, -0.1) is 0 Å². The van der Waals surface area contributed by atoms with E-state index in [1.165, 1.54) is 25.6 Å². The molecular formula is C13H15N3O4S. The summed E-state index contributed by atoms with van der Waals surface area (Å²) in [5.74, 6) is 0.511. The van der Waals surface area contributed by atoms with E-state index in [2.05, 4.69) is 14.7 Å². The number of rotatable bonds is 6. The summed E-state index contributed by atoms with van der Waals surface area (Å²) in [5.41, 5.74) is 0.459. The van der Waals surface area contributed by atoms with Crippen LogP contribution in [0.5, 0.6) is 5.75 Å². The summed E-state index contributed by atoms with van der Waals surface area (Å²) < 4.78 is 32.1. The monoisotopic (exact) mass is 309 g/mol. The molecule has 0 saturated carbocycles. The predicted molar refractivity (Wildman–Crippen MR) is 76.6 cm³/mol. The SMILES string of the molecule is COc1ccc(S(=O)(=O)Nc2ncccn2)c(CCO)c1. The summed E-state index contributed by atoms with van der Waals surface area (Å²) in [6, 6.07) is 6.13. The molecule has 2 N–H and O–H groups in total. The molecule has 0 radical (unpaired) electrons. The molecule has 0 aliphatic carbocycles. The first kappa shape index (κ1) is 15.2. The van der Waals surface area contributed by atoms with Gasteiger partial charge in [-0.3, -0.25) is 0 Å². The third kappa shape index (κ3) is 3.67. The Bertz CT molecular complexity index is 705. The summed E-state index contributed by atoms with van der Waals surface area (Å²) in [4.78, 5) is 7.71. The number of anilines is 1. The fraction of sp³-hybridized carbons (Fsp3) is 0.231. The van der Waals surface area contributed by atoms with E-state index in [-0.39, 0.29) is 23.9 Å². The van der Waals surface area contributed by atoms with Gasteiger partial charge in [-0.05, 0) is 36.2 Å². The third-order valence-electron chi connectivity index (χ3n) is 2.73. The van der Waals surface area contributed by atoms with E-state index in [4.69, 9.17) is 9.84 Å². The molecule has 0 atom stereocenters. The fourth-order valence-corrected chi connectivity index (χ4v) is 3.00. The van der Waals surface area contributed by atoms with Crippen molar-refractivity contribution in [2.24, 2.45) is 0 Å². The topological polar surface area (TPSA) is 101 Å².